The van der Waals surface area contributed by atoms with E-state index in [0.29, 0.717) is 6.42 Å². The van der Waals surface area contributed by atoms with E-state index in [1.54, 1.807) is 11.8 Å². The van der Waals surface area contributed by atoms with Gasteiger partial charge >= 0.3 is 0 Å². The van der Waals surface area contributed by atoms with Gasteiger partial charge < -0.3 is 11.1 Å². The van der Waals surface area contributed by atoms with E-state index in [9.17, 15) is 4.79 Å². The molecule has 15 heavy (non-hydrogen) atoms. The van der Waals surface area contributed by atoms with Gasteiger partial charge in [-0.15, -0.1) is 0 Å². The van der Waals surface area contributed by atoms with Crippen molar-refractivity contribution >= 4 is 17.7 Å². The SMILES string of the molecule is CSCCC(C)NC(=O)CCC(C)(C)N. The lowest BCUT2D eigenvalue weighted by Crippen LogP contribution is -2.37. The number of thioether (sulfide) groups is 1. The Hall–Kier alpha value is -0.220. The molecule has 0 aliphatic heterocycles. The Morgan fingerprint density at radius 1 is 1.53 bits per heavy atom. The molecule has 0 heterocycles. The molecule has 90 valence electrons. The van der Waals surface area contributed by atoms with Gasteiger partial charge in [-0.05, 0) is 45.6 Å². The third-order valence-electron chi connectivity index (χ3n) is 2.16. The summed E-state index contributed by atoms with van der Waals surface area (Å²) in [7, 11) is 0. The summed E-state index contributed by atoms with van der Waals surface area (Å²) in [5.74, 6) is 1.20. The quantitative estimate of drug-likeness (QED) is 0.703. The summed E-state index contributed by atoms with van der Waals surface area (Å²) < 4.78 is 0. The highest BCUT2D eigenvalue weighted by Crippen LogP contribution is 2.07. The predicted octanol–water partition coefficient (Wildman–Crippen LogP) is 1.76. The number of rotatable bonds is 7. The molecule has 1 atom stereocenters. The van der Waals surface area contributed by atoms with Crippen molar-refractivity contribution in [2.24, 2.45) is 5.73 Å². The Kier molecular flexibility index (Phi) is 7.02. The van der Waals surface area contributed by atoms with E-state index in [-0.39, 0.29) is 17.5 Å². The first kappa shape index (κ1) is 14.8. The van der Waals surface area contributed by atoms with E-state index in [1.807, 2.05) is 20.8 Å². The van der Waals surface area contributed by atoms with Crippen molar-refractivity contribution in [1.29, 1.82) is 0 Å². The van der Waals surface area contributed by atoms with Crippen LogP contribution in [0.3, 0.4) is 0 Å². The van der Waals surface area contributed by atoms with Crippen LogP contribution in [0.25, 0.3) is 0 Å². The Labute approximate surface area is 97.6 Å². The topological polar surface area (TPSA) is 55.1 Å². The standard InChI is InChI=1S/C11H24N2OS/c1-9(6-8-15-4)13-10(14)5-7-11(2,3)12/h9H,5-8,12H2,1-4H3,(H,13,14). The van der Waals surface area contributed by atoms with Crippen LogP contribution in [0.5, 0.6) is 0 Å². The fourth-order valence-corrected chi connectivity index (χ4v) is 1.74. The summed E-state index contributed by atoms with van der Waals surface area (Å²) in [5.41, 5.74) is 5.56. The maximum atomic E-state index is 11.5. The molecular weight excluding hydrogens is 208 g/mol. The van der Waals surface area contributed by atoms with Crippen LogP contribution in [0, 0.1) is 0 Å². The maximum absolute atomic E-state index is 11.5. The predicted molar refractivity (Wildman–Crippen MR) is 68.1 cm³/mol. The van der Waals surface area contributed by atoms with Crippen molar-refractivity contribution in [3.8, 4) is 0 Å². The van der Waals surface area contributed by atoms with Gasteiger partial charge in [-0.1, -0.05) is 0 Å². The first-order valence-electron chi connectivity index (χ1n) is 5.42. The molecule has 1 unspecified atom stereocenters. The Balaban J connectivity index is 3.64. The van der Waals surface area contributed by atoms with Gasteiger partial charge in [0, 0.05) is 18.0 Å². The molecule has 4 heteroatoms. The first-order chi connectivity index (χ1) is 6.85. The molecule has 0 aliphatic carbocycles. The van der Waals surface area contributed by atoms with Crippen LogP contribution >= 0.6 is 11.8 Å². The van der Waals surface area contributed by atoms with Crippen molar-refractivity contribution in [1.82, 2.24) is 5.32 Å². The first-order valence-corrected chi connectivity index (χ1v) is 6.81. The highest BCUT2D eigenvalue weighted by molar-refractivity contribution is 7.98. The number of amides is 1. The number of carbonyl (C=O) groups excluding carboxylic acids is 1. The van der Waals surface area contributed by atoms with E-state index in [0.717, 1.165) is 18.6 Å². The van der Waals surface area contributed by atoms with Gasteiger partial charge in [-0.25, -0.2) is 0 Å². The monoisotopic (exact) mass is 232 g/mol. The summed E-state index contributed by atoms with van der Waals surface area (Å²) in [5, 5.41) is 2.98. The molecule has 0 aromatic carbocycles. The van der Waals surface area contributed by atoms with Gasteiger partial charge in [0.15, 0.2) is 0 Å². The summed E-state index contributed by atoms with van der Waals surface area (Å²) in [6, 6.07) is 0.269. The molecule has 0 saturated carbocycles. The Morgan fingerprint density at radius 3 is 2.60 bits per heavy atom. The van der Waals surface area contributed by atoms with Crippen molar-refractivity contribution < 1.29 is 4.79 Å². The fraction of sp³-hybridized carbons (Fsp3) is 0.909. The second-order valence-electron chi connectivity index (χ2n) is 4.74. The minimum atomic E-state index is -0.250. The van der Waals surface area contributed by atoms with Crippen molar-refractivity contribution in [3.63, 3.8) is 0 Å². The summed E-state index contributed by atoms with van der Waals surface area (Å²) in [4.78, 5) is 11.5. The van der Waals surface area contributed by atoms with Gasteiger partial charge in [0.1, 0.15) is 0 Å². The van der Waals surface area contributed by atoms with Gasteiger partial charge in [-0.3, -0.25) is 4.79 Å². The van der Waals surface area contributed by atoms with Crippen molar-refractivity contribution in [2.45, 2.75) is 51.6 Å². The molecule has 0 spiro atoms. The van der Waals surface area contributed by atoms with Crippen LogP contribution in [-0.4, -0.2) is 29.5 Å². The van der Waals surface area contributed by atoms with E-state index < -0.39 is 0 Å². The van der Waals surface area contributed by atoms with Gasteiger partial charge in [0.05, 0.1) is 0 Å². The smallest absolute Gasteiger partial charge is 0.220 e. The Bertz CT molecular complexity index is 190. The van der Waals surface area contributed by atoms with Crippen molar-refractivity contribution in [3.05, 3.63) is 0 Å². The van der Waals surface area contributed by atoms with E-state index >= 15 is 0 Å². The van der Waals surface area contributed by atoms with Gasteiger partial charge in [0.2, 0.25) is 5.91 Å². The molecule has 0 bridgehead atoms. The van der Waals surface area contributed by atoms with Crippen LogP contribution in [0.4, 0.5) is 0 Å². The average Bonchev–Trinajstić information content (AvgIpc) is 2.10. The van der Waals surface area contributed by atoms with Crippen molar-refractivity contribution in [2.75, 3.05) is 12.0 Å². The van der Waals surface area contributed by atoms with Crippen LogP contribution in [0.2, 0.25) is 0 Å². The lowest BCUT2D eigenvalue weighted by atomic mass is 10.00. The number of carbonyl (C=O) groups is 1. The summed E-state index contributed by atoms with van der Waals surface area (Å²) >= 11 is 1.80. The normalized spacial score (nSPS) is 13.7. The molecule has 0 rings (SSSR count). The highest BCUT2D eigenvalue weighted by atomic mass is 32.2. The zero-order valence-corrected chi connectivity index (χ0v) is 11.1. The second-order valence-corrected chi connectivity index (χ2v) is 5.72. The molecular formula is C11H24N2OS. The largest absolute Gasteiger partial charge is 0.354 e. The van der Waals surface area contributed by atoms with Gasteiger partial charge in [0.25, 0.3) is 0 Å². The van der Waals surface area contributed by atoms with Crippen LogP contribution in [-0.2, 0) is 4.79 Å². The number of nitrogens with one attached hydrogen (secondary N) is 1. The van der Waals surface area contributed by atoms with E-state index in [1.165, 1.54) is 0 Å². The van der Waals surface area contributed by atoms with Crippen LogP contribution in [0.15, 0.2) is 0 Å². The molecule has 0 aromatic rings. The third-order valence-corrected chi connectivity index (χ3v) is 2.80. The lowest BCUT2D eigenvalue weighted by Gasteiger charge is -2.19. The zero-order valence-electron chi connectivity index (χ0n) is 10.3. The highest BCUT2D eigenvalue weighted by Gasteiger charge is 2.14. The lowest BCUT2D eigenvalue weighted by molar-refractivity contribution is -0.122. The minimum Gasteiger partial charge on any atom is -0.354 e. The molecule has 1 amide bonds. The number of hydrogen-bond acceptors (Lipinski definition) is 3. The van der Waals surface area contributed by atoms with E-state index in [2.05, 4.69) is 11.6 Å². The minimum absolute atomic E-state index is 0.113. The summed E-state index contributed by atoms with van der Waals surface area (Å²) in [6.07, 6.45) is 4.35. The molecule has 0 radical (unpaired) electrons. The summed E-state index contributed by atoms with van der Waals surface area (Å²) in [6.45, 7) is 5.93. The molecule has 0 aromatic heterocycles. The Morgan fingerprint density at radius 2 is 2.13 bits per heavy atom. The fourth-order valence-electron chi connectivity index (χ4n) is 1.15. The number of nitrogens with two attached hydrogens (primary N) is 1. The van der Waals surface area contributed by atoms with Crippen LogP contribution < -0.4 is 11.1 Å². The van der Waals surface area contributed by atoms with Gasteiger partial charge in [-0.2, -0.15) is 11.8 Å². The molecule has 0 aliphatic rings. The molecule has 3 N–H and O–H groups in total. The second kappa shape index (κ2) is 7.12. The number of hydrogen-bond donors (Lipinski definition) is 2. The average molecular weight is 232 g/mol. The van der Waals surface area contributed by atoms with E-state index in [4.69, 9.17) is 5.73 Å². The molecule has 0 fully saturated rings. The molecule has 3 nitrogen and oxygen atoms in total. The molecule has 0 saturated heterocycles. The zero-order chi connectivity index (χ0) is 11.9. The third kappa shape index (κ3) is 10.1. The van der Waals surface area contributed by atoms with Crippen LogP contribution in [0.1, 0.15) is 40.0 Å². The maximum Gasteiger partial charge on any atom is 0.220 e.